The zero-order valence-electron chi connectivity index (χ0n) is 8.14. The number of rotatable bonds is 4. The SMILES string of the molecule is O=C(O)c1ccc(OCC2CCOC2)o1. The number of carboxylic acids is 1. The summed E-state index contributed by atoms with van der Waals surface area (Å²) in [5.41, 5.74) is 0. The predicted octanol–water partition coefficient (Wildman–Crippen LogP) is 1.39. The van der Waals surface area contributed by atoms with Crippen LogP contribution in [-0.2, 0) is 4.74 Å². The summed E-state index contributed by atoms with van der Waals surface area (Å²) < 4.78 is 15.4. The molecule has 1 atom stereocenters. The van der Waals surface area contributed by atoms with E-state index in [0.717, 1.165) is 13.0 Å². The van der Waals surface area contributed by atoms with Crippen molar-refractivity contribution in [3.8, 4) is 5.95 Å². The van der Waals surface area contributed by atoms with Gasteiger partial charge in [-0.3, -0.25) is 0 Å². The fraction of sp³-hybridized carbons (Fsp3) is 0.500. The van der Waals surface area contributed by atoms with Gasteiger partial charge in [-0.15, -0.1) is 0 Å². The van der Waals surface area contributed by atoms with Crippen molar-refractivity contribution in [2.75, 3.05) is 19.8 Å². The Bertz CT molecular complexity index is 337. The molecule has 0 aromatic carbocycles. The molecule has 15 heavy (non-hydrogen) atoms. The van der Waals surface area contributed by atoms with Crippen LogP contribution in [0.25, 0.3) is 0 Å². The van der Waals surface area contributed by atoms with Crippen molar-refractivity contribution in [3.05, 3.63) is 17.9 Å². The first-order valence-electron chi connectivity index (χ1n) is 4.79. The largest absolute Gasteiger partial charge is 0.475 e. The fourth-order valence-corrected chi connectivity index (χ4v) is 1.43. The van der Waals surface area contributed by atoms with Crippen molar-refractivity contribution in [2.45, 2.75) is 6.42 Å². The highest BCUT2D eigenvalue weighted by Gasteiger charge is 2.17. The Morgan fingerprint density at radius 1 is 1.60 bits per heavy atom. The zero-order valence-corrected chi connectivity index (χ0v) is 8.14. The summed E-state index contributed by atoms with van der Waals surface area (Å²) in [6.07, 6.45) is 0.979. The molecule has 0 aliphatic carbocycles. The highest BCUT2D eigenvalue weighted by Crippen LogP contribution is 2.19. The van der Waals surface area contributed by atoms with Gasteiger partial charge in [0.25, 0.3) is 5.95 Å². The van der Waals surface area contributed by atoms with Crippen LogP contribution in [0.3, 0.4) is 0 Å². The summed E-state index contributed by atoms with van der Waals surface area (Å²) in [6.45, 7) is 1.98. The van der Waals surface area contributed by atoms with Gasteiger partial charge in [-0.2, -0.15) is 0 Å². The van der Waals surface area contributed by atoms with Crippen LogP contribution in [0.2, 0.25) is 0 Å². The lowest BCUT2D eigenvalue weighted by Gasteiger charge is -2.06. The van der Waals surface area contributed by atoms with Crippen LogP contribution in [0.5, 0.6) is 5.95 Å². The lowest BCUT2D eigenvalue weighted by Crippen LogP contribution is -2.11. The van der Waals surface area contributed by atoms with Gasteiger partial charge in [0.05, 0.1) is 13.2 Å². The van der Waals surface area contributed by atoms with Gasteiger partial charge < -0.3 is 19.0 Å². The van der Waals surface area contributed by atoms with E-state index in [1.807, 2.05) is 0 Å². The second kappa shape index (κ2) is 4.35. The van der Waals surface area contributed by atoms with Crippen LogP contribution in [0.15, 0.2) is 16.5 Å². The second-order valence-electron chi connectivity index (χ2n) is 3.46. The van der Waals surface area contributed by atoms with E-state index in [9.17, 15) is 4.79 Å². The van der Waals surface area contributed by atoms with Crippen LogP contribution >= 0.6 is 0 Å². The van der Waals surface area contributed by atoms with Crippen LogP contribution in [0.1, 0.15) is 17.0 Å². The van der Waals surface area contributed by atoms with Crippen molar-refractivity contribution in [3.63, 3.8) is 0 Å². The molecule has 0 spiro atoms. The highest BCUT2D eigenvalue weighted by atomic mass is 16.6. The summed E-state index contributed by atoms with van der Waals surface area (Å²) in [5.74, 6) is -0.565. The van der Waals surface area contributed by atoms with E-state index in [4.69, 9.17) is 19.0 Å². The lowest BCUT2D eigenvalue weighted by molar-refractivity contribution is 0.0651. The molecule has 2 heterocycles. The maximum absolute atomic E-state index is 10.5. The third-order valence-electron chi connectivity index (χ3n) is 2.28. The standard InChI is InChI=1S/C10H12O5/c11-10(12)8-1-2-9(15-8)14-6-7-3-4-13-5-7/h1-2,7H,3-6H2,(H,11,12). The maximum atomic E-state index is 10.5. The maximum Gasteiger partial charge on any atom is 0.371 e. The average molecular weight is 212 g/mol. The first-order valence-corrected chi connectivity index (χ1v) is 4.79. The molecule has 0 saturated carbocycles. The van der Waals surface area contributed by atoms with E-state index in [-0.39, 0.29) is 11.7 Å². The molecule has 1 unspecified atom stereocenters. The predicted molar refractivity (Wildman–Crippen MR) is 50.1 cm³/mol. The minimum absolute atomic E-state index is 0.104. The number of hydrogen-bond acceptors (Lipinski definition) is 4. The minimum Gasteiger partial charge on any atom is -0.475 e. The highest BCUT2D eigenvalue weighted by molar-refractivity contribution is 5.84. The van der Waals surface area contributed by atoms with E-state index in [2.05, 4.69) is 0 Å². The smallest absolute Gasteiger partial charge is 0.371 e. The molecule has 1 fully saturated rings. The number of carbonyl (C=O) groups is 1. The monoisotopic (exact) mass is 212 g/mol. The van der Waals surface area contributed by atoms with Gasteiger partial charge in [0.2, 0.25) is 5.76 Å². The van der Waals surface area contributed by atoms with Gasteiger partial charge in [-0.05, 0) is 12.5 Å². The van der Waals surface area contributed by atoms with Gasteiger partial charge in [0.15, 0.2) is 0 Å². The number of ether oxygens (including phenoxy) is 2. The zero-order chi connectivity index (χ0) is 10.7. The van der Waals surface area contributed by atoms with Crippen molar-refractivity contribution in [1.82, 2.24) is 0 Å². The first-order chi connectivity index (χ1) is 7.25. The number of carboxylic acid groups (broad SMARTS) is 1. The van der Waals surface area contributed by atoms with Crippen molar-refractivity contribution >= 4 is 5.97 Å². The Morgan fingerprint density at radius 2 is 2.47 bits per heavy atom. The fourth-order valence-electron chi connectivity index (χ4n) is 1.43. The molecule has 5 heteroatoms. The molecule has 1 aliphatic heterocycles. The summed E-state index contributed by atoms with van der Waals surface area (Å²) in [7, 11) is 0. The Hall–Kier alpha value is -1.49. The summed E-state index contributed by atoms with van der Waals surface area (Å²) in [6, 6.07) is 2.89. The van der Waals surface area contributed by atoms with Gasteiger partial charge in [-0.25, -0.2) is 4.79 Å². The molecule has 1 aromatic heterocycles. The molecule has 0 bridgehead atoms. The Labute approximate surface area is 86.6 Å². The third kappa shape index (κ3) is 2.50. The van der Waals surface area contributed by atoms with E-state index in [0.29, 0.717) is 19.1 Å². The Morgan fingerprint density at radius 3 is 3.07 bits per heavy atom. The van der Waals surface area contributed by atoms with Crippen LogP contribution in [-0.4, -0.2) is 30.9 Å². The molecule has 1 aliphatic rings. The molecule has 5 nitrogen and oxygen atoms in total. The molecule has 1 aromatic rings. The summed E-state index contributed by atoms with van der Waals surface area (Å²) >= 11 is 0. The first kappa shape index (κ1) is 10.0. The topological polar surface area (TPSA) is 68.9 Å². The molecular formula is C10H12O5. The van der Waals surface area contributed by atoms with Crippen LogP contribution in [0.4, 0.5) is 0 Å². The number of aromatic carboxylic acids is 1. The van der Waals surface area contributed by atoms with Crippen molar-refractivity contribution in [2.24, 2.45) is 5.92 Å². The summed E-state index contributed by atoms with van der Waals surface area (Å²) in [5, 5.41) is 8.61. The Balaban J connectivity index is 1.84. The minimum atomic E-state index is -1.09. The third-order valence-corrected chi connectivity index (χ3v) is 2.28. The molecule has 2 rings (SSSR count). The second-order valence-corrected chi connectivity index (χ2v) is 3.46. The van der Waals surface area contributed by atoms with E-state index in [1.54, 1.807) is 0 Å². The normalized spacial score (nSPS) is 20.4. The van der Waals surface area contributed by atoms with Crippen molar-refractivity contribution < 1.29 is 23.8 Å². The summed E-state index contributed by atoms with van der Waals surface area (Å²) in [4.78, 5) is 10.5. The number of furan rings is 1. The van der Waals surface area contributed by atoms with Gasteiger partial charge in [-0.1, -0.05) is 0 Å². The van der Waals surface area contributed by atoms with Crippen molar-refractivity contribution in [1.29, 1.82) is 0 Å². The molecular weight excluding hydrogens is 200 g/mol. The Kier molecular flexibility index (Phi) is 2.91. The molecule has 82 valence electrons. The van der Waals surface area contributed by atoms with Gasteiger partial charge in [0, 0.05) is 18.6 Å². The lowest BCUT2D eigenvalue weighted by atomic mass is 10.1. The van der Waals surface area contributed by atoms with Crippen LogP contribution in [0, 0.1) is 5.92 Å². The van der Waals surface area contributed by atoms with E-state index in [1.165, 1.54) is 12.1 Å². The molecule has 0 amide bonds. The van der Waals surface area contributed by atoms with Crippen LogP contribution < -0.4 is 4.74 Å². The van der Waals surface area contributed by atoms with Gasteiger partial charge in [0.1, 0.15) is 0 Å². The van der Waals surface area contributed by atoms with Gasteiger partial charge >= 0.3 is 5.97 Å². The van der Waals surface area contributed by atoms with E-state index < -0.39 is 5.97 Å². The van der Waals surface area contributed by atoms with E-state index >= 15 is 0 Å². The average Bonchev–Trinajstić information content (AvgIpc) is 2.86. The quantitative estimate of drug-likeness (QED) is 0.816. The molecule has 0 radical (unpaired) electrons. The molecule has 1 N–H and O–H groups in total. The number of hydrogen-bond donors (Lipinski definition) is 1. The molecule has 1 saturated heterocycles.